The fourth-order valence-corrected chi connectivity index (χ4v) is 1.93. The molecule has 16 heavy (non-hydrogen) atoms. The number of hydrogen-bond acceptors (Lipinski definition) is 4. The Balaban J connectivity index is 2.40. The molecule has 0 aromatic carbocycles. The van der Waals surface area contributed by atoms with Crippen LogP contribution in [0, 0.1) is 0 Å². The molecule has 1 rings (SSSR count). The molecule has 0 aliphatic carbocycles. The number of hydrogen-bond donors (Lipinski definition) is 1. The van der Waals surface area contributed by atoms with Crippen molar-refractivity contribution in [2.75, 3.05) is 39.5 Å². The van der Waals surface area contributed by atoms with Crippen molar-refractivity contribution in [3.63, 3.8) is 0 Å². The van der Waals surface area contributed by atoms with Gasteiger partial charge in [-0.2, -0.15) is 0 Å². The number of nitrogens with zero attached hydrogens (tertiary/aromatic N) is 1. The molecule has 1 heterocycles. The molecule has 0 aromatic rings. The number of nitrogens with two attached hydrogens (primary N) is 1. The first kappa shape index (κ1) is 13.9. The van der Waals surface area contributed by atoms with E-state index in [0.717, 1.165) is 39.3 Å². The summed E-state index contributed by atoms with van der Waals surface area (Å²) in [6.45, 7) is 11.5. The first-order valence-corrected chi connectivity index (χ1v) is 6.25. The topological polar surface area (TPSA) is 47.7 Å². The van der Waals surface area contributed by atoms with Crippen molar-refractivity contribution in [2.45, 2.75) is 38.8 Å². The lowest BCUT2D eigenvalue weighted by molar-refractivity contribution is -0.0309. The summed E-state index contributed by atoms with van der Waals surface area (Å²) in [5.41, 5.74) is 6.20. The van der Waals surface area contributed by atoms with Gasteiger partial charge < -0.3 is 15.2 Å². The van der Waals surface area contributed by atoms with Crippen LogP contribution in [0.3, 0.4) is 0 Å². The van der Waals surface area contributed by atoms with Crippen molar-refractivity contribution < 1.29 is 9.47 Å². The maximum atomic E-state index is 6.22. The number of rotatable bonds is 6. The molecule has 0 aromatic heterocycles. The molecule has 1 aliphatic heterocycles. The Morgan fingerprint density at radius 3 is 2.56 bits per heavy atom. The van der Waals surface area contributed by atoms with Crippen LogP contribution < -0.4 is 5.73 Å². The molecule has 1 saturated heterocycles. The van der Waals surface area contributed by atoms with Crippen molar-refractivity contribution in [2.24, 2.45) is 5.73 Å². The summed E-state index contributed by atoms with van der Waals surface area (Å²) >= 11 is 0. The third-order valence-corrected chi connectivity index (χ3v) is 3.38. The molecule has 4 heteroatoms. The van der Waals surface area contributed by atoms with Crippen molar-refractivity contribution in [3.8, 4) is 0 Å². The third-order valence-electron chi connectivity index (χ3n) is 3.38. The van der Waals surface area contributed by atoms with Crippen LogP contribution in [-0.4, -0.2) is 56.0 Å². The van der Waals surface area contributed by atoms with Gasteiger partial charge in [0.1, 0.15) is 0 Å². The third kappa shape index (κ3) is 3.70. The highest BCUT2D eigenvalue weighted by atomic mass is 16.5. The van der Waals surface area contributed by atoms with E-state index < -0.39 is 0 Å². The van der Waals surface area contributed by atoms with Crippen LogP contribution in [0.5, 0.6) is 0 Å². The largest absolute Gasteiger partial charge is 0.380 e. The molecular formula is C12H26N2O2. The van der Waals surface area contributed by atoms with Crippen LogP contribution in [-0.2, 0) is 9.47 Å². The van der Waals surface area contributed by atoms with Crippen LogP contribution in [0.25, 0.3) is 0 Å². The van der Waals surface area contributed by atoms with E-state index in [9.17, 15) is 0 Å². The van der Waals surface area contributed by atoms with Gasteiger partial charge in [-0.1, -0.05) is 6.92 Å². The molecular weight excluding hydrogens is 204 g/mol. The molecule has 0 bridgehead atoms. The van der Waals surface area contributed by atoms with E-state index in [1.807, 2.05) is 0 Å². The van der Waals surface area contributed by atoms with Crippen LogP contribution >= 0.6 is 0 Å². The minimum absolute atomic E-state index is 0.0163. The van der Waals surface area contributed by atoms with Gasteiger partial charge in [0, 0.05) is 31.3 Å². The van der Waals surface area contributed by atoms with Crippen molar-refractivity contribution in [1.82, 2.24) is 4.90 Å². The van der Waals surface area contributed by atoms with E-state index in [1.54, 1.807) is 0 Å². The smallest absolute Gasteiger partial charge is 0.0635 e. The summed E-state index contributed by atoms with van der Waals surface area (Å²) in [5.74, 6) is 0. The molecule has 4 nitrogen and oxygen atoms in total. The van der Waals surface area contributed by atoms with Gasteiger partial charge in [0.05, 0.1) is 19.8 Å². The lowest BCUT2D eigenvalue weighted by Gasteiger charge is -2.44. The van der Waals surface area contributed by atoms with Gasteiger partial charge in [-0.15, -0.1) is 0 Å². The van der Waals surface area contributed by atoms with Gasteiger partial charge in [-0.25, -0.2) is 0 Å². The van der Waals surface area contributed by atoms with Crippen LogP contribution in [0.4, 0.5) is 0 Å². The zero-order valence-corrected chi connectivity index (χ0v) is 10.9. The van der Waals surface area contributed by atoms with Gasteiger partial charge in [-0.05, 0) is 20.3 Å². The van der Waals surface area contributed by atoms with E-state index in [2.05, 4.69) is 25.7 Å². The predicted octanol–water partition coefficient (Wildman–Crippen LogP) is 0.851. The van der Waals surface area contributed by atoms with Crippen molar-refractivity contribution >= 4 is 0 Å². The number of morpholine rings is 1. The highest BCUT2D eigenvalue weighted by Crippen LogP contribution is 2.19. The molecule has 0 amide bonds. The average Bonchev–Trinajstić information content (AvgIpc) is 2.30. The Hall–Kier alpha value is -0.160. The highest BCUT2D eigenvalue weighted by Gasteiger charge is 2.34. The normalized spacial score (nSPS) is 21.0. The first-order valence-electron chi connectivity index (χ1n) is 6.25. The average molecular weight is 230 g/mol. The van der Waals surface area contributed by atoms with Gasteiger partial charge in [0.25, 0.3) is 0 Å². The zero-order valence-electron chi connectivity index (χ0n) is 10.9. The van der Waals surface area contributed by atoms with Gasteiger partial charge in [0.2, 0.25) is 0 Å². The maximum absolute atomic E-state index is 6.22. The minimum Gasteiger partial charge on any atom is -0.380 e. The van der Waals surface area contributed by atoms with Crippen molar-refractivity contribution in [3.05, 3.63) is 0 Å². The fourth-order valence-electron chi connectivity index (χ4n) is 1.93. The lowest BCUT2D eigenvalue weighted by atomic mass is 9.93. The second-order valence-corrected chi connectivity index (χ2v) is 4.93. The minimum atomic E-state index is -0.0163. The van der Waals surface area contributed by atoms with E-state index in [1.165, 1.54) is 0 Å². The number of ether oxygens (including phenoxy) is 2. The molecule has 2 N–H and O–H groups in total. The maximum Gasteiger partial charge on any atom is 0.0635 e. The molecule has 1 aliphatic rings. The highest BCUT2D eigenvalue weighted by molar-refractivity contribution is 4.92. The summed E-state index contributed by atoms with van der Waals surface area (Å²) in [7, 11) is 0. The Kier molecular flexibility index (Phi) is 5.69. The summed E-state index contributed by atoms with van der Waals surface area (Å²) in [6.07, 6.45) is 1.05. The SMILES string of the molecule is CCCOCC(N)C(C)(C)N1CCOCC1. The van der Waals surface area contributed by atoms with Crippen LogP contribution in [0.1, 0.15) is 27.2 Å². The Bertz CT molecular complexity index is 191. The Morgan fingerprint density at radius 2 is 2.00 bits per heavy atom. The van der Waals surface area contributed by atoms with Crippen LogP contribution in [0.15, 0.2) is 0 Å². The van der Waals surface area contributed by atoms with Crippen LogP contribution in [0.2, 0.25) is 0 Å². The van der Waals surface area contributed by atoms with E-state index >= 15 is 0 Å². The van der Waals surface area contributed by atoms with E-state index in [4.69, 9.17) is 15.2 Å². The lowest BCUT2D eigenvalue weighted by Crippen LogP contribution is -2.60. The van der Waals surface area contributed by atoms with E-state index in [-0.39, 0.29) is 11.6 Å². The Morgan fingerprint density at radius 1 is 1.38 bits per heavy atom. The molecule has 1 atom stereocenters. The first-order chi connectivity index (χ1) is 7.59. The Labute approximate surface area is 99.1 Å². The summed E-state index contributed by atoms with van der Waals surface area (Å²) < 4.78 is 10.9. The molecule has 0 radical (unpaired) electrons. The second-order valence-electron chi connectivity index (χ2n) is 4.93. The molecule has 0 spiro atoms. The second kappa shape index (κ2) is 6.55. The predicted molar refractivity (Wildman–Crippen MR) is 65.6 cm³/mol. The van der Waals surface area contributed by atoms with Gasteiger partial charge >= 0.3 is 0 Å². The molecule has 0 saturated carbocycles. The molecule has 1 unspecified atom stereocenters. The van der Waals surface area contributed by atoms with Gasteiger partial charge in [-0.3, -0.25) is 4.90 Å². The quantitative estimate of drug-likeness (QED) is 0.687. The molecule has 1 fully saturated rings. The monoisotopic (exact) mass is 230 g/mol. The molecule has 96 valence electrons. The zero-order chi connectivity index (χ0) is 12.0. The van der Waals surface area contributed by atoms with E-state index in [0.29, 0.717) is 6.61 Å². The fraction of sp³-hybridized carbons (Fsp3) is 1.00. The standard InChI is InChI=1S/C12H26N2O2/c1-4-7-16-10-11(13)12(2,3)14-5-8-15-9-6-14/h11H,4-10,13H2,1-3H3. The summed E-state index contributed by atoms with van der Waals surface area (Å²) in [5, 5.41) is 0. The summed E-state index contributed by atoms with van der Waals surface area (Å²) in [4.78, 5) is 2.40. The van der Waals surface area contributed by atoms with Crippen molar-refractivity contribution in [1.29, 1.82) is 0 Å². The summed E-state index contributed by atoms with van der Waals surface area (Å²) in [6, 6.07) is 0.0529. The van der Waals surface area contributed by atoms with Gasteiger partial charge in [0.15, 0.2) is 0 Å².